The number of rotatable bonds is 4. The van der Waals surface area contributed by atoms with Crippen molar-refractivity contribution in [2.45, 2.75) is 43.8 Å². The highest BCUT2D eigenvalue weighted by molar-refractivity contribution is 5.97. The number of benzene rings is 1. The number of ether oxygens (including phenoxy) is 1. The van der Waals surface area contributed by atoms with E-state index in [0.29, 0.717) is 17.1 Å². The Morgan fingerprint density at radius 1 is 1.03 bits per heavy atom. The third-order valence-corrected chi connectivity index (χ3v) is 5.85. The molecule has 1 unspecified atom stereocenters. The van der Waals surface area contributed by atoms with E-state index in [4.69, 9.17) is 14.7 Å². The van der Waals surface area contributed by atoms with Gasteiger partial charge in [0.05, 0.1) is 17.0 Å². The van der Waals surface area contributed by atoms with Crippen LogP contribution in [0.2, 0.25) is 0 Å². The molecule has 2 aliphatic rings. The number of aromatic nitrogens is 3. The number of aliphatic imine (C=N–C) groups is 1. The normalized spacial score (nSPS) is 19.4. The summed E-state index contributed by atoms with van der Waals surface area (Å²) in [5.74, 6) is -0.480. The van der Waals surface area contributed by atoms with Gasteiger partial charge in [-0.15, -0.1) is 0 Å². The van der Waals surface area contributed by atoms with Crippen LogP contribution in [0.3, 0.4) is 0 Å². The van der Waals surface area contributed by atoms with Gasteiger partial charge in [-0.2, -0.15) is 0 Å². The summed E-state index contributed by atoms with van der Waals surface area (Å²) in [6.07, 6.45) is 8.27. The number of hydrogen-bond acceptors (Lipinski definition) is 5. The number of pyridine rings is 1. The smallest absolute Gasteiger partial charge is 0.296 e. The molecule has 3 aromatic rings. The van der Waals surface area contributed by atoms with Gasteiger partial charge in [0.2, 0.25) is 0 Å². The predicted octanol–water partition coefficient (Wildman–Crippen LogP) is 4.82. The number of amides is 1. The van der Waals surface area contributed by atoms with Crippen LogP contribution >= 0.6 is 0 Å². The topological polar surface area (TPSA) is 77.3 Å². The summed E-state index contributed by atoms with van der Waals surface area (Å²) in [5.41, 5.74) is 3.75. The van der Waals surface area contributed by atoms with Gasteiger partial charge in [0, 0.05) is 23.5 Å². The third kappa shape index (κ3) is 3.44. The highest BCUT2D eigenvalue weighted by atomic mass is 16.5. The molecule has 1 saturated heterocycles. The molecule has 5 rings (SSSR count). The molecule has 1 aliphatic carbocycles. The van der Waals surface area contributed by atoms with Crippen LogP contribution in [-0.2, 0) is 4.74 Å². The zero-order chi connectivity index (χ0) is 20.6. The van der Waals surface area contributed by atoms with Crippen molar-refractivity contribution in [1.82, 2.24) is 15.0 Å². The van der Waals surface area contributed by atoms with Crippen LogP contribution in [-0.4, -0.2) is 33.2 Å². The molecule has 1 saturated carbocycles. The standard InChI is InChI=1S/C24H22N4O2/c1-25-23(29)22-21(18-10-5-11-24(30-18)12-13-24)27-20(17-9-6-14-26-15-17)19(28-22)16-7-3-2-4-8-16/h2-4,6-9,14-15,18H,1,5,10-13H2. The summed E-state index contributed by atoms with van der Waals surface area (Å²) in [7, 11) is 0. The molecule has 1 spiro atoms. The van der Waals surface area contributed by atoms with Crippen molar-refractivity contribution in [2.24, 2.45) is 4.99 Å². The lowest BCUT2D eigenvalue weighted by atomic mass is 9.97. The lowest BCUT2D eigenvalue weighted by Gasteiger charge is -2.30. The van der Waals surface area contributed by atoms with E-state index in [1.807, 2.05) is 42.5 Å². The van der Waals surface area contributed by atoms with Gasteiger partial charge in [0.1, 0.15) is 11.8 Å². The van der Waals surface area contributed by atoms with Gasteiger partial charge < -0.3 is 4.74 Å². The molecule has 30 heavy (non-hydrogen) atoms. The summed E-state index contributed by atoms with van der Waals surface area (Å²) in [6.45, 7) is 3.43. The van der Waals surface area contributed by atoms with Gasteiger partial charge >= 0.3 is 0 Å². The number of carbonyl (C=O) groups excluding carboxylic acids is 1. The molecule has 2 fully saturated rings. The van der Waals surface area contributed by atoms with Gasteiger partial charge in [-0.05, 0) is 51.0 Å². The Kier molecular flexibility index (Phi) is 4.71. The molecular formula is C24H22N4O2. The lowest BCUT2D eigenvalue weighted by molar-refractivity contribution is -0.0715. The summed E-state index contributed by atoms with van der Waals surface area (Å²) >= 11 is 0. The number of nitrogens with zero attached hydrogens (tertiary/aromatic N) is 4. The first-order valence-electron chi connectivity index (χ1n) is 10.3. The SMILES string of the molecule is C=NC(=O)c1nc(-c2ccccc2)c(-c2cccnc2)nc1C1CCCC2(CC2)O1. The molecule has 1 aromatic carbocycles. The van der Waals surface area contributed by atoms with Gasteiger partial charge in [-0.25, -0.2) is 15.0 Å². The molecule has 1 aliphatic heterocycles. The van der Waals surface area contributed by atoms with Crippen LogP contribution < -0.4 is 0 Å². The molecule has 0 radical (unpaired) electrons. The molecule has 6 nitrogen and oxygen atoms in total. The largest absolute Gasteiger partial charge is 0.365 e. The Hall–Kier alpha value is -3.25. The fourth-order valence-electron chi connectivity index (χ4n) is 4.14. The first-order chi connectivity index (χ1) is 14.7. The molecule has 150 valence electrons. The van der Waals surface area contributed by atoms with Crippen molar-refractivity contribution >= 4 is 12.6 Å². The maximum absolute atomic E-state index is 12.7. The van der Waals surface area contributed by atoms with Crippen molar-refractivity contribution in [2.75, 3.05) is 0 Å². The van der Waals surface area contributed by atoms with E-state index in [-0.39, 0.29) is 17.4 Å². The molecule has 3 heterocycles. The van der Waals surface area contributed by atoms with Crippen LogP contribution in [0.4, 0.5) is 0 Å². The van der Waals surface area contributed by atoms with E-state index >= 15 is 0 Å². The molecule has 0 N–H and O–H groups in total. The second-order valence-corrected chi connectivity index (χ2v) is 7.91. The zero-order valence-corrected chi connectivity index (χ0v) is 16.6. The highest BCUT2D eigenvalue weighted by Gasteiger charge is 2.48. The molecule has 6 heteroatoms. The Morgan fingerprint density at radius 3 is 2.50 bits per heavy atom. The quantitative estimate of drug-likeness (QED) is 0.589. The molecular weight excluding hydrogens is 376 g/mol. The summed E-state index contributed by atoms with van der Waals surface area (Å²) in [6, 6.07) is 13.5. The minimum absolute atomic E-state index is 0.0426. The van der Waals surface area contributed by atoms with E-state index in [0.717, 1.165) is 43.2 Å². The predicted molar refractivity (Wildman–Crippen MR) is 114 cm³/mol. The first kappa shape index (κ1) is 18.8. The van der Waals surface area contributed by atoms with Crippen LogP contribution in [0.1, 0.15) is 54.4 Å². The van der Waals surface area contributed by atoms with E-state index in [1.54, 1.807) is 12.4 Å². The highest BCUT2D eigenvalue weighted by Crippen LogP contribution is 2.51. The fraction of sp³-hybridized carbons (Fsp3) is 0.292. The van der Waals surface area contributed by atoms with E-state index in [1.165, 1.54) is 0 Å². The van der Waals surface area contributed by atoms with Crippen molar-refractivity contribution in [3.8, 4) is 22.5 Å². The van der Waals surface area contributed by atoms with Gasteiger partial charge in [-0.3, -0.25) is 9.78 Å². The van der Waals surface area contributed by atoms with Crippen LogP contribution in [0.15, 0.2) is 59.9 Å². The average Bonchev–Trinajstić information content (AvgIpc) is 3.56. The van der Waals surface area contributed by atoms with Crippen molar-refractivity contribution in [3.05, 3.63) is 66.2 Å². The Bertz CT molecular complexity index is 1090. The third-order valence-electron chi connectivity index (χ3n) is 5.85. The van der Waals surface area contributed by atoms with Gasteiger partial charge in [-0.1, -0.05) is 30.3 Å². The Balaban J connectivity index is 1.71. The van der Waals surface area contributed by atoms with E-state index in [9.17, 15) is 4.79 Å². The molecule has 1 atom stereocenters. The lowest BCUT2D eigenvalue weighted by Crippen LogP contribution is -2.26. The summed E-state index contributed by atoms with van der Waals surface area (Å²) in [5, 5.41) is 0. The summed E-state index contributed by atoms with van der Waals surface area (Å²) in [4.78, 5) is 30.3. The number of hydrogen-bond donors (Lipinski definition) is 0. The van der Waals surface area contributed by atoms with Crippen LogP contribution in [0.25, 0.3) is 22.5 Å². The fourth-order valence-corrected chi connectivity index (χ4v) is 4.14. The maximum atomic E-state index is 12.7. The Labute approximate surface area is 175 Å². The van der Waals surface area contributed by atoms with E-state index in [2.05, 4.69) is 16.7 Å². The van der Waals surface area contributed by atoms with Crippen LogP contribution in [0.5, 0.6) is 0 Å². The second kappa shape index (κ2) is 7.54. The monoisotopic (exact) mass is 398 g/mol. The van der Waals surface area contributed by atoms with Crippen LogP contribution in [0, 0.1) is 0 Å². The van der Waals surface area contributed by atoms with Crippen molar-refractivity contribution in [1.29, 1.82) is 0 Å². The zero-order valence-electron chi connectivity index (χ0n) is 16.6. The first-order valence-corrected chi connectivity index (χ1v) is 10.3. The average molecular weight is 398 g/mol. The van der Waals surface area contributed by atoms with Gasteiger partial charge in [0.15, 0.2) is 5.69 Å². The minimum Gasteiger partial charge on any atom is -0.365 e. The van der Waals surface area contributed by atoms with E-state index < -0.39 is 5.91 Å². The van der Waals surface area contributed by atoms with Crippen molar-refractivity contribution in [3.63, 3.8) is 0 Å². The minimum atomic E-state index is -0.480. The van der Waals surface area contributed by atoms with Gasteiger partial charge in [0.25, 0.3) is 5.91 Å². The molecule has 1 amide bonds. The Morgan fingerprint density at radius 2 is 1.80 bits per heavy atom. The molecule has 0 bridgehead atoms. The summed E-state index contributed by atoms with van der Waals surface area (Å²) < 4.78 is 6.41. The second-order valence-electron chi connectivity index (χ2n) is 7.91. The molecule has 2 aromatic heterocycles. The van der Waals surface area contributed by atoms with Crippen molar-refractivity contribution < 1.29 is 9.53 Å². The number of carbonyl (C=O) groups is 1. The maximum Gasteiger partial charge on any atom is 0.296 e.